The van der Waals surface area contributed by atoms with E-state index in [0.29, 0.717) is 30.1 Å². The molecular weight excluding hydrogens is 318 g/mol. The number of amides is 3. The molecule has 1 aromatic rings. The normalized spacial score (nSPS) is 23.7. The number of piperazine rings is 1. The minimum absolute atomic E-state index is 0.0446. The lowest BCUT2D eigenvalue weighted by molar-refractivity contribution is -0.136. The van der Waals surface area contributed by atoms with Crippen LogP contribution in [0, 0.1) is 0 Å². The predicted molar refractivity (Wildman–Crippen MR) is 85.1 cm³/mol. The summed E-state index contributed by atoms with van der Waals surface area (Å²) in [6.45, 7) is 2.49. The summed E-state index contributed by atoms with van der Waals surface area (Å²) in [5, 5.41) is 3.23. The SMILES string of the molecule is CC(=O)N[C@H]1C[C@H]2CN(C(=O)c3ccccc3Cl)CC(=O)N2C1. The first-order valence-electron chi connectivity index (χ1n) is 7.56. The van der Waals surface area contributed by atoms with Crippen molar-refractivity contribution in [1.29, 1.82) is 0 Å². The Labute approximate surface area is 139 Å². The highest BCUT2D eigenvalue weighted by atomic mass is 35.5. The maximum Gasteiger partial charge on any atom is 0.255 e. The van der Waals surface area contributed by atoms with E-state index >= 15 is 0 Å². The van der Waals surface area contributed by atoms with Crippen molar-refractivity contribution < 1.29 is 14.4 Å². The molecule has 0 aliphatic carbocycles. The molecule has 122 valence electrons. The van der Waals surface area contributed by atoms with Crippen molar-refractivity contribution in [3.8, 4) is 0 Å². The second-order valence-electron chi connectivity index (χ2n) is 6.00. The monoisotopic (exact) mass is 335 g/mol. The van der Waals surface area contributed by atoms with Crippen LogP contribution in [-0.2, 0) is 9.59 Å². The molecule has 0 aromatic heterocycles. The molecule has 2 saturated heterocycles. The van der Waals surface area contributed by atoms with Gasteiger partial charge in [-0.2, -0.15) is 0 Å². The Hall–Kier alpha value is -2.08. The van der Waals surface area contributed by atoms with Gasteiger partial charge in [-0.05, 0) is 18.6 Å². The van der Waals surface area contributed by atoms with Crippen molar-refractivity contribution in [3.63, 3.8) is 0 Å². The van der Waals surface area contributed by atoms with E-state index in [-0.39, 0.29) is 36.3 Å². The largest absolute Gasteiger partial charge is 0.352 e. The van der Waals surface area contributed by atoms with E-state index in [0.717, 1.165) is 0 Å². The zero-order valence-electron chi connectivity index (χ0n) is 12.8. The molecule has 3 amide bonds. The van der Waals surface area contributed by atoms with Crippen LogP contribution in [0.25, 0.3) is 0 Å². The molecular formula is C16H18ClN3O3. The van der Waals surface area contributed by atoms with Gasteiger partial charge >= 0.3 is 0 Å². The minimum Gasteiger partial charge on any atom is -0.352 e. The highest BCUT2D eigenvalue weighted by molar-refractivity contribution is 6.33. The summed E-state index contributed by atoms with van der Waals surface area (Å²) in [7, 11) is 0. The zero-order valence-corrected chi connectivity index (χ0v) is 13.5. The Morgan fingerprint density at radius 1 is 1.26 bits per heavy atom. The number of benzene rings is 1. The van der Waals surface area contributed by atoms with Crippen molar-refractivity contribution >= 4 is 29.3 Å². The van der Waals surface area contributed by atoms with Crippen LogP contribution in [0.4, 0.5) is 0 Å². The first-order chi connectivity index (χ1) is 11.0. The van der Waals surface area contributed by atoms with Crippen LogP contribution in [0.15, 0.2) is 24.3 Å². The van der Waals surface area contributed by atoms with Crippen molar-refractivity contribution in [3.05, 3.63) is 34.9 Å². The van der Waals surface area contributed by atoms with Gasteiger partial charge in [0.2, 0.25) is 11.8 Å². The van der Waals surface area contributed by atoms with Crippen LogP contribution in [0.1, 0.15) is 23.7 Å². The fourth-order valence-electron chi connectivity index (χ4n) is 3.32. The van der Waals surface area contributed by atoms with Crippen LogP contribution >= 0.6 is 11.6 Å². The molecule has 23 heavy (non-hydrogen) atoms. The molecule has 2 atom stereocenters. The van der Waals surface area contributed by atoms with Gasteiger partial charge in [-0.25, -0.2) is 0 Å². The Morgan fingerprint density at radius 2 is 2.00 bits per heavy atom. The first-order valence-corrected chi connectivity index (χ1v) is 7.94. The Morgan fingerprint density at radius 3 is 2.70 bits per heavy atom. The van der Waals surface area contributed by atoms with Crippen molar-refractivity contribution in [1.82, 2.24) is 15.1 Å². The van der Waals surface area contributed by atoms with E-state index in [1.54, 1.807) is 34.1 Å². The fourth-order valence-corrected chi connectivity index (χ4v) is 3.54. The summed E-state index contributed by atoms with van der Waals surface area (Å²) in [5.74, 6) is -0.424. The number of hydrogen-bond donors (Lipinski definition) is 1. The Bertz CT molecular complexity index is 664. The van der Waals surface area contributed by atoms with Crippen molar-refractivity contribution in [2.75, 3.05) is 19.6 Å². The molecule has 2 aliphatic heterocycles. The van der Waals surface area contributed by atoms with Crippen LogP contribution in [0.3, 0.4) is 0 Å². The Kier molecular flexibility index (Phi) is 4.26. The molecule has 0 bridgehead atoms. The number of halogens is 1. The number of rotatable bonds is 2. The molecule has 2 fully saturated rings. The minimum atomic E-state index is -0.230. The zero-order chi connectivity index (χ0) is 16.6. The molecule has 0 radical (unpaired) electrons. The highest BCUT2D eigenvalue weighted by Gasteiger charge is 2.41. The molecule has 1 N–H and O–H groups in total. The first kappa shape index (κ1) is 15.8. The molecule has 1 aromatic carbocycles. The predicted octanol–water partition coefficient (Wildman–Crippen LogP) is 0.901. The van der Waals surface area contributed by atoms with Crippen molar-refractivity contribution in [2.24, 2.45) is 0 Å². The lowest BCUT2D eigenvalue weighted by Gasteiger charge is -2.37. The van der Waals surface area contributed by atoms with Gasteiger partial charge in [-0.1, -0.05) is 23.7 Å². The molecule has 0 spiro atoms. The maximum atomic E-state index is 12.6. The number of nitrogens with zero attached hydrogens (tertiary/aromatic N) is 2. The average molecular weight is 336 g/mol. The molecule has 2 aliphatic rings. The van der Waals surface area contributed by atoms with Gasteiger partial charge in [-0.3, -0.25) is 14.4 Å². The number of carbonyl (C=O) groups is 3. The summed E-state index contributed by atoms with van der Waals surface area (Å²) >= 11 is 6.08. The number of hydrogen-bond acceptors (Lipinski definition) is 3. The third-order valence-electron chi connectivity index (χ3n) is 4.29. The lowest BCUT2D eigenvalue weighted by atomic mass is 10.1. The molecule has 2 heterocycles. The summed E-state index contributed by atoms with van der Waals surface area (Å²) < 4.78 is 0. The summed E-state index contributed by atoms with van der Waals surface area (Å²) in [4.78, 5) is 39.4. The third kappa shape index (κ3) is 3.17. The quantitative estimate of drug-likeness (QED) is 0.873. The van der Waals surface area contributed by atoms with Gasteiger partial charge in [0, 0.05) is 26.1 Å². The maximum absolute atomic E-state index is 12.6. The smallest absolute Gasteiger partial charge is 0.255 e. The standard InChI is InChI=1S/C16H18ClN3O3/c1-10(21)18-11-6-12-8-19(9-15(22)20(12)7-11)16(23)13-4-2-3-5-14(13)17/h2-5,11-12H,6-9H2,1H3,(H,18,21)/t11-,12-/m0/s1. The molecule has 6 nitrogen and oxygen atoms in total. The fraction of sp³-hybridized carbons (Fsp3) is 0.438. The van der Waals surface area contributed by atoms with Gasteiger partial charge in [0.1, 0.15) is 6.54 Å². The second-order valence-corrected chi connectivity index (χ2v) is 6.41. The Balaban J connectivity index is 1.73. The average Bonchev–Trinajstić information content (AvgIpc) is 2.89. The van der Waals surface area contributed by atoms with Gasteiger partial charge < -0.3 is 15.1 Å². The molecule has 3 rings (SSSR count). The topological polar surface area (TPSA) is 69.7 Å². The second kappa shape index (κ2) is 6.20. The van der Waals surface area contributed by atoms with Crippen LogP contribution in [-0.4, -0.2) is 59.2 Å². The van der Waals surface area contributed by atoms with Gasteiger partial charge in [-0.15, -0.1) is 0 Å². The summed E-state index contributed by atoms with van der Waals surface area (Å²) in [6.07, 6.45) is 0.664. The molecule has 0 saturated carbocycles. The van der Waals surface area contributed by atoms with E-state index < -0.39 is 0 Å². The third-order valence-corrected chi connectivity index (χ3v) is 4.62. The van der Waals surface area contributed by atoms with E-state index in [1.807, 2.05) is 0 Å². The summed E-state index contributed by atoms with van der Waals surface area (Å²) in [5.41, 5.74) is 0.409. The number of nitrogens with one attached hydrogen (secondary N) is 1. The van der Waals surface area contributed by atoms with Gasteiger partial charge in [0.05, 0.1) is 16.6 Å². The van der Waals surface area contributed by atoms with E-state index in [1.165, 1.54) is 6.92 Å². The van der Waals surface area contributed by atoms with E-state index in [4.69, 9.17) is 11.6 Å². The van der Waals surface area contributed by atoms with Crippen molar-refractivity contribution in [2.45, 2.75) is 25.4 Å². The highest BCUT2D eigenvalue weighted by Crippen LogP contribution is 2.25. The molecule has 7 heteroatoms. The van der Waals surface area contributed by atoms with Gasteiger partial charge in [0.25, 0.3) is 5.91 Å². The number of carbonyl (C=O) groups excluding carboxylic acids is 3. The van der Waals surface area contributed by atoms with Crippen LogP contribution in [0.2, 0.25) is 5.02 Å². The van der Waals surface area contributed by atoms with Gasteiger partial charge in [0.15, 0.2) is 0 Å². The van der Waals surface area contributed by atoms with Crippen LogP contribution in [0.5, 0.6) is 0 Å². The molecule has 0 unspecified atom stereocenters. The van der Waals surface area contributed by atoms with E-state index in [2.05, 4.69) is 5.32 Å². The van der Waals surface area contributed by atoms with E-state index in [9.17, 15) is 14.4 Å². The lowest BCUT2D eigenvalue weighted by Crippen LogP contribution is -2.55. The number of fused-ring (bicyclic) bond motifs is 1. The van der Waals surface area contributed by atoms with Crippen LogP contribution < -0.4 is 5.32 Å². The summed E-state index contributed by atoms with van der Waals surface area (Å²) in [6, 6.07) is 6.73.